The van der Waals surface area contributed by atoms with Crippen LogP contribution in [-0.4, -0.2) is 30.3 Å². The zero-order valence-electron chi connectivity index (χ0n) is 14.8. The molecular formula is C19H14BrClFNO4S. The number of hydrogen-bond donors (Lipinski definition) is 0. The van der Waals surface area contributed by atoms with Gasteiger partial charge in [0.15, 0.2) is 11.5 Å². The van der Waals surface area contributed by atoms with Crippen LogP contribution in [0.4, 0.5) is 9.18 Å². The molecule has 28 heavy (non-hydrogen) atoms. The Bertz CT molecular complexity index is 998. The van der Waals surface area contributed by atoms with Gasteiger partial charge in [-0.25, -0.2) is 4.39 Å². The molecule has 1 saturated heterocycles. The zero-order chi connectivity index (χ0) is 20.4. The number of nitrogens with zero attached hydrogens (tertiary/aromatic N) is 1. The SMILES string of the molecule is COc1cc(/C=C2/SC(=O)N(Cc3ccc(F)cc3Cl)C2=O)cc(Br)c1OC. The molecule has 3 rings (SSSR count). The van der Waals surface area contributed by atoms with Gasteiger partial charge < -0.3 is 9.47 Å². The van der Waals surface area contributed by atoms with Crippen LogP contribution in [0.3, 0.4) is 0 Å². The van der Waals surface area contributed by atoms with Crippen molar-refractivity contribution in [1.29, 1.82) is 0 Å². The first-order chi connectivity index (χ1) is 13.3. The summed E-state index contributed by atoms with van der Waals surface area (Å²) in [4.78, 5) is 26.4. The Labute approximate surface area is 178 Å². The zero-order valence-corrected chi connectivity index (χ0v) is 18.0. The van der Waals surface area contributed by atoms with Gasteiger partial charge in [-0.15, -0.1) is 0 Å². The largest absolute Gasteiger partial charge is 0.493 e. The van der Waals surface area contributed by atoms with Crippen LogP contribution in [0, 0.1) is 5.82 Å². The molecule has 9 heteroatoms. The first kappa shape index (κ1) is 20.7. The van der Waals surface area contributed by atoms with E-state index in [2.05, 4.69) is 15.9 Å². The van der Waals surface area contributed by atoms with E-state index in [9.17, 15) is 14.0 Å². The van der Waals surface area contributed by atoms with Crippen molar-refractivity contribution in [1.82, 2.24) is 4.90 Å². The second-order valence-corrected chi connectivity index (χ2v) is 8.00. The fraction of sp³-hybridized carbons (Fsp3) is 0.158. The summed E-state index contributed by atoms with van der Waals surface area (Å²) in [5.41, 5.74) is 1.15. The normalized spacial score (nSPS) is 15.5. The molecule has 0 bridgehead atoms. The number of benzene rings is 2. The van der Waals surface area contributed by atoms with Crippen molar-refractivity contribution in [2.45, 2.75) is 6.54 Å². The molecule has 0 radical (unpaired) electrons. The third kappa shape index (κ3) is 4.19. The summed E-state index contributed by atoms with van der Waals surface area (Å²) in [5.74, 6) is 0.0854. The molecule has 0 N–H and O–H groups in total. The van der Waals surface area contributed by atoms with E-state index in [0.29, 0.717) is 27.1 Å². The van der Waals surface area contributed by atoms with Crippen molar-refractivity contribution < 1.29 is 23.5 Å². The second-order valence-electron chi connectivity index (χ2n) is 5.74. The molecule has 2 aromatic carbocycles. The lowest BCUT2D eigenvalue weighted by atomic mass is 10.1. The van der Waals surface area contributed by atoms with Crippen LogP contribution in [0.5, 0.6) is 11.5 Å². The van der Waals surface area contributed by atoms with E-state index >= 15 is 0 Å². The van der Waals surface area contributed by atoms with Crippen molar-refractivity contribution in [2.24, 2.45) is 0 Å². The van der Waals surface area contributed by atoms with Crippen LogP contribution in [0.2, 0.25) is 5.02 Å². The van der Waals surface area contributed by atoms with E-state index in [1.54, 1.807) is 18.2 Å². The predicted octanol–water partition coefficient (Wildman–Crippen LogP) is 5.50. The lowest BCUT2D eigenvalue weighted by Crippen LogP contribution is -2.27. The molecule has 146 valence electrons. The Balaban J connectivity index is 1.88. The second kappa shape index (κ2) is 8.55. The molecule has 2 aromatic rings. The van der Waals surface area contributed by atoms with E-state index in [-0.39, 0.29) is 16.5 Å². The van der Waals surface area contributed by atoms with Crippen molar-refractivity contribution >= 4 is 56.5 Å². The fourth-order valence-electron chi connectivity index (χ4n) is 2.63. The maximum Gasteiger partial charge on any atom is 0.293 e. The van der Waals surface area contributed by atoms with Gasteiger partial charge in [0, 0.05) is 5.02 Å². The van der Waals surface area contributed by atoms with Crippen molar-refractivity contribution in [3.8, 4) is 11.5 Å². The van der Waals surface area contributed by atoms with Gasteiger partial charge in [0.1, 0.15) is 5.82 Å². The molecule has 0 aliphatic carbocycles. The van der Waals surface area contributed by atoms with E-state index in [1.165, 1.54) is 26.4 Å². The van der Waals surface area contributed by atoms with Gasteiger partial charge in [0.2, 0.25) is 0 Å². The molecule has 0 atom stereocenters. The van der Waals surface area contributed by atoms with Gasteiger partial charge >= 0.3 is 0 Å². The summed E-state index contributed by atoms with van der Waals surface area (Å²) in [6.45, 7) is -0.0310. The molecule has 0 unspecified atom stereocenters. The molecule has 5 nitrogen and oxygen atoms in total. The highest BCUT2D eigenvalue weighted by molar-refractivity contribution is 9.10. The average Bonchev–Trinajstić information content (AvgIpc) is 2.90. The van der Waals surface area contributed by atoms with Crippen LogP contribution in [0.1, 0.15) is 11.1 Å². The summed E-state index contributed by atoms with van der Waals surface area (Å²) in [6, 6.07) is 7.29. The average molecular weight is 487 g/mol. The number of rotatable bonds is 5. The van der Waals surface area contributed by atoms with Gasteiger partial charge in [-0.1, -0.05) is 17.7 Å². The van der Waals surface area contributed by atoms with E-state index in [1.807, 2.05) is 0 Å². The number of halogens is 3. The summed E-state index contributed by atoms with van der Waals surface area (Å²) < 4.78 is 24.4. The first-order valence-corrected chi connectivity index (χ1v) is 9.93. The molecule has 0 saturated carbocycles. The molecule has 2 amide bonds. The van der Waals surface area contributed by atoms with Gasteiger partial charge in [0.05, 0.1) is 30.1 Å². The lowest BCUT2D eigenvalue weighted by Gasteiger charge is -2.13. The fourth-order valence-corrected chi connectivity index (χ4v) is 4.32. The Hall–Kier alpha value is -2.03. The van der Waals surface area contributed by atoms with Crippen LogP contribution in [0.25, 0.3) is 6.08 Å². The number of thioether (sulfide) groups is 1. The molecular weight excluding hydrogens is 473 g/mol. The summed E-state index contributed by atoms with van der Waals surface area (Å²) >= 11 is 10.2. The topological polar surface area (TPSA) is 55.8 Å². The van der Waals surface area contributed by atoms with E-state index in [4.69, 9.17) is 21.1 Å². The molecule has 1 heterocycles. The number of methoxy groups -OCH3 is 2. The monoisotopic (exact) mass is 485 g/mol. The minimum absolute atomic E-state index is 0.0310. The standard InChI is InChI=1S/C19H14BrClFNO4S/c1-26-15-6-10(5-13(20)17(15)27-2)7-16-18(24)23(19(25)28-16)9-11-3-4-12(22)8-14(11)21/h3-8H,9H2,1-2H3/b16-7+. The number of amides is 2. The van der Waals surface area contributed by atoms with Crippen LogP contribution in [-0.2, 0) is 11.3 Å². The van der Waals surface area contributed by atoms with Crippen molar-refractivity contribution in [3.63, 3.8) is 0 Å². The van der Waals surface area contributed by atoms with Crippen LogP contribution in [0.15, 0.2) is 39.7 Å². The Morgan fingerprint density at radius 3 is 2.61 bits per heavy atom. The number of hydrogen-bond acceptors (Lipinski definition) is 5. The highest BCUT2D eigenvalue weighted by Gasteiger charge is 2.35. The molecule has 1 fully saturated rings. The van der Waals surface area contributed by atoms with Crippen molar-refractivity contribution in [3.05, 3.63) is 61.7 Å². The Kier molecular flexibility index (Phi) is 6.32. The minimum atomic E-state index is -0.484. The van der Waals surface area contributed by atoms with Gasteiger partial charge in [-0.3, -0.25) is 14.5 Å². The molecule has 1 aliphatic heterocycles. The van der Waals surface area contributed by atoms with E-state index < -0.39 is 17.0 Å². The maximum absolute atomic E-state index is 13.2. The summed E-state index contributed by atoms with van der Waals surface area (Å²) in [6.07, 6.45) is 1.60. The summed E-state index contributed by atoms with van der Waals surface area (Å²) in [7, 11) is 3.03. The van der Waals surface area contributed by atoms with Crippen molar-refractivity contribution in [2.75, 3.05) is 14.2 Å². The minimum Gasteiger partial charge on any atom is -0.493 e. The smallest absolute Gasteiger partial charge is 0.293 e. The third-order valence-corrected chi connectivity index (χ3v) is 5.82. The Morgan fingerprint density at radius 1 is 1.21 bits per heavy atom. The lowest BCUT2D eigenvalue weighted by molar-refractivity contribution is -0.123. The van der Waals surface area contributed by atoms with Gasteiger partial charge in [0.25, 0.3) is 11.1 Å². The predicted molar refractivity (Wildman–Crippen MR) is 110 cm³/mol. The Morgan fingerprint density at radius 2 is 1.96 bits per heavy atom. The molecule has 0 spiro atoms. The van der Waals surface area contributed by atoms with Crippen LogP contribution < -0.4 is 9.47 Å². The maximum atomic E-state index is 13.2. The molecule has 0 aromatic heterocycles. The van der Waals surface area contributed by atoms with E-state index in [0.717, 1.165) is 22.7 Å². The van der Waals surface area contributed by atoms with Gasteiger partial charge in [-0.05, 0) is 69.2 Å². The summed E-state index contributed by atoms with van der Waals surface area (Å²) in [5, 5.41) is -0.261. The highest BCUT2D eigenvalue weighted by atomic mass is 79.9. The third-order valence-electron chi connectivity index (χ3n) is 3.97. The molecule has 1 aliphatic rings. The first-order valence-electron chi connectivity index (χ1n) is 7.95. The number of carbonyl (C=O) groups excluding carboxylic acids is 2. The number of imide groups is 1. The number of ether oxygens (including phenoxy) is 2. The van der Waals surface area contributed by atoms with Crippen LogP contribution >= 0.6 is 39.3 Å². The highest BCUT2D eigenvalue weighted by Crippen LogP contribution is 2.39. The quantitative estimate of drug-likeness (QED) is 0.523. The number of carbonyl (C=O) groups is 2. The van der Waals surface area contributed by atoms with Gasteiger partial charge in [-0.2, -0.15) is 0 Å².